The van der Waals surface area contributed by atoms with E-state index in [9.17, 15) is 0 Å². The average Bonchev–Trinajstić information content (AvgIpc) is 2.45. The minimum atomic E-state index is 0.446. The maximum Gasteiger partial charge on any atom is 0.214 e. The first-order valence-corrected chi connectivity index (χ1v) is 7.19. The molecule has 1 aromatic rings. The minimum absolute atomic E-state index is 0.446. The molecule has 1 aliphatic heterocycles. The normalized spacial score (nSPS) is 19.5. The zero-order valence-electron chi connectivity index (χ0n) is 12.2. The van der Waals surface area contributed by atoms with Crippen LogP contribution in [-0.4, -0.2) is 37.8 Å². The average molecular weight is 263 g/mol. The Morgan fingerprint density at radius 2 is 2.32 bits per heavy atom. The fourth-order valence-corrected chi connectivity index (χ4v) is 2.60. The van der Waals surface area contributed by atoms with Gasteiger partial charge >= 0.3 is 0 Å². The van der Waals surface area contributed by atoms with Gasteiger partial charge in [-0.05, 0) is 51.8 Å². The molecular weight excluding hydrogens is 238 g/mol. The van der Waals surface area contributed by atoms with Crippen molar-refractivity contribution in [2.45, 2.75) is 32.7 Å². The van der Waals surface area contributed by atoms with Crippen molar-refractivity contribution >= 4 is 5.82 Å². The van der Waals surface area contributed by atoms with Crippen LogP contribution in [0.2, 0.25) is 0 Å². The fraction of sp³-hybridized carbons (Fsp3) is 0.667. The molecule has 1 aromatic heterocycles. The number of anilines is 1. The molecule has 2 heterocycles. The van der Waals surface area contributed by atoms with E-state index >= 15 is 0 Å². The molecule has 1 unspecified atom stereocenters. The maximum absolute atomic E-state index is 5.22. The lowest BCUT2D eigenvalue weighted by atomic mass is 9.98. The van der Waals surface area contributed by atoms with E-state index in [1.165, 1.54) is 12.8 Å². The van der Waals surface area contributed by atoms with E-state index < -0.39 is 0 Å². The Morgan fingerprint density at radius 3 is 2.95 bits per heavy atom. The van der Waals surface area contributed by atoms with Crippen LogP contribution in [0.15, 0.2) is 18.2 Å². The van der Waals surface area contributed by atoms with Gasteiger partial charge in [0.1, 0.15) is 5.82 Å². The quantitative estimate of drug-likeness (QED) is 0.884. The SMILES string of the molecule is COc1cccc(N(CC2CCCNC2)C(C)C)n1. The number of pyridine rings is 1. The second-order valence-electron chi connectivity index (χ2n) is 5.50. The monoisotopic (exact) mass is 263 g/mol. The lowest BCUT2D eigenvalue weighted by molar-refractivity contribution is 0.368. The summed E-state index contributed by atoms with van der Waals surface area (Å²) in [6, 6.07) is 6.42. The Balaban J connectivity index is 2.09. The molecule has 19 heavy (non-hydrogen) atoms. The molecule has 0 saturated carbocycles. The zero-order chi connectivity index (χ0) is 13.7. The third-order valence-corrected chi connectivity index (χ3v) is 3.69. The molecule has 0 spiro atoms. The summed E-state index contributed by atoms with van der Waals surface area (Å²) in [5.41, 5.74) is 0. The standard InChI is InChI=1S/C15H25N3O/c1-12(2)18(11-13-6-5-9-16-10-13)14-7-4-8-15(17-14)19-3/h4,7-8,12-13,16H,5-6,9-11H2,1-3H3. The van der Waals surface area contributed by atoms with Gasteiger partial charge in [0.2, 0.25) is 5.88 Å². The highest BCUT2D eigenvalue weighted by Gasteiger charge is 2.20. The number of nitrogens with one attached hydrogen (secondary N) is 1. The summed E-state index contributed by atoms with van der Waals surface area (Å²) >= 11 is 0. The van der Waals surface area contributed by atoms with Gasteiger partial charge in [0.05, 0.1) is 7.11 Å². The van der Waals surface area contributed by atoms with Gasteiger partial charge in [-0.2, -0.15) is 4.98 Å². The summed E-state index contributed by atoms with van der Waals surface area (Å²) in [4.78, 5) is 6.94. The van der Waals surface area contributed by atoms with E-state index in [-0.39, 0.29) is 0 Å². The molecule has 0 amide bonds. The number of hydrogen-bond donors (Lipinski definition) is 1. The molecule has 1 saturated heterocycles. The van der Waals surface area contributed by atoms with Crippen LogP contribution < -0.4 is 15.0 Å². The van der Waals surface area contributed by atoms with Crippen molar-refractivity contribution < 1.29 is 4.74 Å². The summed E-state index contributed by atoms with van der Waals surface area (Å²) in [5.74, 6) is 2.41. The molecule has 106 valence electrons. The zero-order valence-corrected chi connectivity index (χ0v) is 12.2. The first-order valence-electron chi connectivity index (χ1n) is 7.19. The third kappa shape index (κ3) is 3.83. The first-order chi connectivity index (χ1) is 9.20. The number of ether oxygens (including phenoxy) is 1. The van der Waals surface area contributed by atoms with E-state index in [0.29, 0.717) is 17.8 Å². The van der Waals surface area contributed by atoms with E-state index in [4.69, 9.17) is 4.74 Å². The minimum Gasteiger partial charge on any atom is -0.481 e. The molecule has 4 nitrogen and oxygen atoms in total. The lowest BCUT2D eigenvalue weighted by Gasteiger charge is -2.33. The molecule has 1 fully saturated rings. The Hall–Kier alpha value is -1.29. The van der Waals surface area contributed by atoms with Crippen LogP contribution in [0.1, 0.15) is 26.7 Å². The van der Waals surface area contributed by atoms with Crippen molar-refractivity contribution in [3.8, 4) is 5.88 Å². The molecule has 0 radical (unpaired) electrons. The van der Waals surface area contributed by atoms with E-state index in [1.807, 2.05) is 12.1 Å². The number of methoxy groups -OCH3 is 1. The largest absolute Gasteiger partial charge is 0.481 e. The van der Waals surface area contributed by atoms with Gasteiger partial charge in [-0.25, -0.2) is 0 Å². The number of nitrogens with zero attached hydrogens (tertiary/aromatic N) is 2. The number of piperidine rings is 1. The predicted octanol–water partition coefficient (Wildman–Crippen LogP) is 2.30. The van der Waals surface area contributed by atoms with Crippen LogP contribution in [0.3, 0.4) is 0 Å². The number of aromatic nitrogens is 1. The summed E-state index contributed by atoms with van der Waals surface area (Å²) < 4.78 is 5.22. The highest BCUT2D eigenvalue weighted by Crippen LogP contribution is 2.21. The van der Waals surface area contributed by atoms with Gasteiger partial charge in [0.15, 0.2) is 0 Å². The van der Waals surface area contributed by atoms with Gasteiger partial charge in [-0.1, -0.05) is 6.07 Å². The summed E-state index contributed by atoms with van der Waals surface area (Å²) in [6.45, 7) is 7.78. The Labute approximate surface area is 116 Å². The van der Waals surface area contributed by atoms with Gasteiger partial charge < -0.3 is 15.0 Å². The number of rotatable bonds is 5. The summed E-state index contributed by atoms with van der Waals surface area (Å²) in [5, 5.41) is 3.48. The third-order valence-electron chi connectivity index (χ3n) is 3.69. The molecule has 0 aliphatic carbocycles. The van der Waals surface area contributed by atoms with Crippen molar-refractivity contribution in [1.29, 1.82) is 0 Å². The highest BCUT2D eigenvalue weighted by atomic mass is 16.5. The Morgan fingerprint density at radius 1 is 1.47 bits per heavy atom. The summed E-state index contributed by atoms with van der Waals surface area (Å²) in [6.07, 6.45) is 2.59. The topological polar surface area (TPSA) is 37.4 Å². The van der Waals surface area contributed by atoms with Crippen LogP contribution in [0.25, 0.3) is 0 Å². The molecule has 2 rings (SSSR count). The van der Waals surface area contributed by atoms with Crippen molar-refractivity contribution in [3.05, 3.63) is 18.2 Å². The first kappa shape index (κ1) is 14.1. The molecule has 4 heteroatoms. The Bertz CT molecular complexity index is 389. The van der Waals surface area contributed by atoms with Crippen LogP contribution in [-0.2, 0) is 0 Å². The number of hydrogen-bond acceptors (Lipinski definition) is 4. The van der Waals surface area contributed by atoms with Crippen molar-refractivity contribution in [2.75, 3.05) is 31.6 Å². The smallest absolute Gasteiger partial charge is 0.214 e. The second-order valence-corrected chi connectivity index (χ2v) is 5.50. The van der Waals surface area contributed by atoms with Crippen LogP contribution >= 0.6 is 0 Å². The van der Waals surface area contributed by atoms with E-state index in [2.05, 4.69) is 35.1 Å². The van der Waals surface area contributed by atoms with Crippen molar-refractivity contribution in [2.24, 2.45) is 5.92 Å². The maximum atomic E-state index is 5.22. The summed E-state index contributed by atoms with van der Waals surface area (Å²) in [7, 11) is 1.66. The highest BCUT2D eigenvalue weighted by molar-refractivity contribution is 5.41. The van der Waals surface area contributed by atoms with Crippen LogP contribution in [0.4, 0.5) is 5.82 Å². The second kappa shape index (κ2) is 6.75. The molecule has 1 N–H and O–H groups in total. The molecule has 1 atom stereocenters. The molecular formula is C15H25N3O. The van der Waals surface area contributed by atoms with E-state index in [1.54, 1.807) is 7.11 Å². The molecule has 1 aliphatic rings. The van der Waals surface area contributed by atoms with Crippen molar-refractivity contribution in [3.63, 3.8) is 0 Å². The Kier molecular flexibility index (Phi) is 5.02. The van der Waals surface area contributed by atoms with Crippen LogP contribution in [0.5, 0.6) is 5.88 Å². The van der Waals surface area contributed by atoms with Crippen molar-refractivity contribution in [1.82, 2.24) is 10.3 Å². The molecule has 0 aromatic carbocycles. The lowest BCUT2D eigenvalue weighted by Crippen LogP contribution is -2.41. The van der Waals surface area contributed by atoms with Crippen LogP contribution in [0, 0.1) is 5.92 Å². The fourth-order valence-electron chi connectivity index (χ4n) is 2.60. The van der Waals surface area contributed by atoms with E-state index in [0.717, 1.165) is 25.5 Å². The predicted molar refractivity (Wildman–Crippen MR) is 78.9 cm³/mol. The van der Waals surface area contributed by atoms with Gasteiger partial charge in [-0.3, -0.25) is 0 Å². The molecule has 0 bridgehead atoms. The van der Waals surface area contributed by atoms with Gasteiger partial charge in [0, 0.05) is 18.7 Å². The van der Waals surface area contributed by atoms with Gasteiger partial charge in [-0.15, -0.1) is 0 Å². The van der Waals surface area contributed by atoms with Gasteiger partial charge in [0.25, 0.3) is 0 Å².